The van der Waals surface area contributed by atoms with Crippen LogP contribution in [-0.2, 0) is 4.74 Å². The average Bonchev–Trinajstić information content (AvgIpc) is 1.72. The van der Waals surface area contributed by atoms with Gasteiger partial charge in [-0.25, -0.2) is 0 Å². The molecule has 0 unspecified atom stereocenters. The van der Waals surface area contributed by atoms with Gasteiger partial charge in [-0.05, 0) is 0 Å². The van der Waals surface area contributed by atoms with Crippen LogP contribution in [0.2, 0.25) is 0 Å². The van der Waals surface area contributed by atoms with Crippen LogP contribution in [0.25, 0.3) is 0 Å². The van der Waals surface area contributed by atoms with Gasteiger partial charge in [-0.15, -0.1) is 0 Å². The molecule has 0 aromatic carbocycles. The first-order valence-corrected chi connectivity index (χ1v) is 2.03. The number of nitrogens with one attached hydrogen (secondary N) is 1. The zero-order valence-corrected chi connectivity index (χ0v) is 3.53. The van der Waals surface area contributed by atoms with Crippen molar-refractivity contribution in [3.8, 4) is 0 Å². The van der Waals surface area contributed by atoms with Gasteiger partial charge in [0.25, 0.3) is 0 Å². The number of hydrogen-bond donors (Lipinski definition) is 1. The fourth-order valence-corrected chi connectivity index (χ4v) is 0.386. The number of morpholine rings is 1. The fraction of sp³-hybridized carbons (Fsp3) is 0.750. The highest BCUT2D eigenvalue weighted by atomic mass is 16.5. The van der Waals surface area contributed by atoms with Gasteiger partial charge in [0.15, 0.2) is 0 Å². The molecule has 6 heavy (non-hydrogen) atoms. The van der Waals surface area contributed by atoms with Crippen molar-refractivity contribution in [3.63, 3.8) is 0 Å². The van der Waals surface area contributed by atoms with Gasteiger partial charge >= 0.3 is 0 Å². The molecule has 1 heterocycles. The second-order valence-corrected chi connectivity index (χ2v) is 1.16. The fourth-order valence-electron chi connectivity index (χ4n) is 0.386. The van der Waals surface area contributed by atoms with Gasteiger partial charge in [-0.3, -0.25) is 0 Å². The molecule has 2 radical (unpaired) electrons. The van der Waals surface area contributed by atoms with E-state index in [2.05, 4.69) is 11.9 Å². The summed E-state index contributed by atoms with van der Waals surface area (Å²) in [6, 6.07) is 0. The molecule has 0 bridgehead atoms. The molecule has 0 aliphatic carbocycles. The molecule has 2 heteroatoms. The summed E-state index contributed by atoms with van der Waals surface area (Å²) in [5.41, 5.74) is 0. The summed E-state index contributed by atoms with van der Waals surface area (Å²) in [5, 5.41) is 2.91. The van der Waals surface area contributed by atoms with E-state index in [1.807, 2.05) is 0 Å². The van der Waals surface area contributed by atoms with Crippen molar-refractivity contribution in [3.05, 3.63) is 6.54 Å². The van der Waals surface area contributed by atoms with E-state index in [0.29, 0.717) is 6.61 Å². The van der Waals surface area contributed by atoms with Gasteiger partial charge in [0, 0.05) is 6.54 Å². The van der Waals surface area contributed by atoms with Gasteiger partial charge in [0.2, 0.25) is 0 Å². The number of hydrogen-bond acceptors (Lipinski definition) is 2. The number of ether oxygens (including phenoxy) is 1. The quantitative estimate of drug-likeness (QED) is 0.434. The van der Waals surface area contributed by atoms with Gasteiger partial charge < -0.3 is 10.1 Å². The highest BCUT2D eigenvalue weighted by molar-refractivity contribution is 4.63. The summed E-state index contributed by atoms with van der Waals surface area (Å²) >= 11 is 0. The maximum absolute atomic E-state index is 4.90. The maximum atomic E-state index is 4.90. The minimum atomic E-state index is 0.639. The zero-order valence-electron chi connectivity index (χ0n) is 3.53. The highest BCUT2D eigenvalue weighted by Gasteiger charge is 1.94. The number of rotatable bonds is 0. The Balaban J connectivity index is 2.00. The predicted octanol–water partition coefficient (Wildman–Crippen LogP) is -0.355. The highest BCUT2D eigenvalue weighted by Crippen LogP contribution is 1.81. The Kier molecular flexibility index (Phi) is 1.47. The summed E-state index contributed by atoms with van der Waals surface area (Å²) in [6.45, 7) is 5.19. The standard InChI is InChI=1S/C4H7NO/c1-3-6-4-2-5-1/h5H,1,3-4H2. The third kappa shape index (κ3) is 0.954. The zero-order chi connectivity index (χ0) is 4.24. The van der Waals surface area contributed by atoms with E-state index in [-0.39, 0.29) is 0 Å². The van der Waals surface area contributed by atoms with Crippen molar-refractivity contribution in [2.75, 3.05) is 19.8 Å². The first-order chi connectivity index (χ1) is 3.00. The molecular formula is C4H7NO. The van der Waals surface area contributed by atoms with Crippen molar-refractivity contribution in [1.82, 2.24) is 5.32 Å². The molecule has 1 N–H and O–H groups in total. The molecule has 1 rings (SSSR count). The lowest BCUT2D eigenvalue weighted by atomic mass is 10.5. The summed E-state index contributed by atoms with van der Waals surface area (Å²) in [6.07, 6.45) is 0. The molecule has 0 aromatic rings. The molecule has 1 aliphatic rings. The minimum Gasteiger partial charge on any atom is -0.378 e. The molecule has 0 aromatic heterocycles. The summed E-state index contributed by atoms with van der Waals surface area (Å²) < 4.78 is 4.90. The van der Waals surface area contributed by atoms with Crippen LogP contribution >= 0.6 is 0 Å². The van der Waals surface area contributed by atoms with Gasteiger partial charge in [-0.1, -0.05) is 0 Å². The molecule has 1 aliphatic heterocycles. The average molecular weight is 85.1 g/mol. The third-order valence-corrected chi connectivity index (χ3v) is 0.671. The third-order valence-electron chi connectivity index (χ3n) is 0.671. The molecule has 1 saturated heterocycles. The first-order valence-electron chi connectivity index (χ1n) is 2.03. The Morgan fingerprint density at radius 2 is 2.67 bits per heavy atom. The maximum Gasteiger partial charge on any atom is 0.0871 e. The molecule has 0 atom stereocenters. The smallest absolute Gasteiger partial charge is 0.0871 e. The SMILES string of the molecule is [C]1COCCN1. The van der Waals surface area contributed by atoms with E-state index < -0.39 is 0 Å². The summed E-state index contributed by atoms with van der Waals surface area (Å²) in [4.78, 5) is 0. The van der Waals surface area contributed by atoms with E-state index in [1.54, 1.807) is 0 Å². The molecule has 34 valence electrons. The molecule has 0 spiro atoms. The van der Waals surface area contributed by atoms with E-state index in [9.17, 15) is 0 Å². The van der Waals surface area contributed by atoms with Crippen molar-refractivity contribution in [1.29, 1.82) is 0 Å². The first kappa shape index (κ1) is 4.09. The molecule has 0 saturated carbocycles. The topological polar surface area (TPSA) is 21.3 Å². The van der Waals surface area contributed by atoms with Crippen LogP contribution < -0.4 is 5.32 Å². The monoisotopic (exact) mass is 85.1 g/mol. The van der Waals surface area contributed by atoms with Crippen LogP contribution in [0.4, 0.5) is 0 Å². The van der Waals surface area contributed by atoms with Gasteiger partial charge in [0.05, 0.1) is 19.8 Å². The Bertz CT molecular complexity index is 23.0. The van der Waals surface area contributed by atoms with Crippen LogP contribution in [0.15, 0.2) is 0 Å². The lowest BCUT2D eigenvalue weighted by Gasteiger charge is -2.09. The van der Waals surface area contributed by atoms with Gasteiger partial charge in [0.1, 0.15) is 0 Å². The van der Waals surface area contributed by atoms with Gasteiger partial charge in [-0.2, -0.15) is 0 Å². The molecule has 0 amide bonds. The van der Waals surface area contributed by atoms with E-state index in [0.717, 1.165) is 13.2 Å². The molecular weight excluding hydrogens is 78.0 g/mol. The Labute approximate surface area is 37.5 Å². The molecule has 2 nitrogen and oxygen atoms in total. The lowest BCUT2D eigenvalue weighted by molar-refractivity contribution is 0.129. The van der Waals surface area contributed by atoms with E-state index >= 15 is 0 Å². The van der Waals surface area contributed by atoms with Crippen molar-refractivity contribution < 1.29 is 4.74 Å². The Hall–Kier alpha value is -0.0800. The normalized spacial score (nSPS) is 24.0. The van der Waals surface area contributed by atoms with Crippen LogP contribution in [0, 0.1) is 6.54 Å². The van der Waals surface area contributed by atoms with Crippen LogP contribution in [0.3, 0.4) is 0 Å². The predicted molar refractivity (Wildman–Crippen MR) is 22.1 cm³/mol. The minimum absolute atomic E-state index is 0.639. The van der Waals surface area contributed by atoms with Crippen molar-refractivity contribution in [2.24, 2.45) is 0 Å². The van der Waals surface area contributed by atoms with Crippen molar-refractivity contribution >= 4 is 0 Å². The Morgan fingerprint density at radius 3 is 2.83 bits per heavy atom. The largest absolute Gasteiger partial charge is 0.378 e. The van der Waals surface area contributed by atoms with Crippen LogP contribution in [-0.4, -0.2) is 19.8 Å². The van der Waals surface area contributed by atoms with Crippen molar-refractivity contribution in [2.45, 2.75) is 0 Å². The van der Waals surface area contributed by atoms with Crippen LogP contribution in [0.5, 0.6) is 0 Å². The van der Waals surface area contributed by atoms with Crippen LogP contribution in [0.1, 0.15) is 0 Å². The lowest BCUT2D eigenvalue weighted by Crippen LogP contribution is -2.25. The second kappa shape index (κ2) is 2.16. The summed E-state index contributed by atoms with van der Waals surface area (Å²) in [5.74, 6) is 0. The van der Waals surface area contributed by atoms with E-state index in [4.69, 9.17) is 4.74 Å². The molecule has 1 fully saturated rings. The van der Waals surface area contributed by atoms with E-state index in [1.165, 1.54) is 0 Å². The second-order valence-electron chi connectivity index (χ2n) is 1.16. The summed E-state index contributed by atoms with van der Waals surface area (Å²) in [7, 11) is 0. The Morgan fingerprint density at radius 1 is 1.67 bits per heavy atom.